The minimum atomic E-state index is -3.84. The Bertz CT molecular complexity index is 1130. The second-order valence-electron chi connectivity index (χ2n) is 7.71. The van der Waals surface area contributed by atoms with Crippen molar-refractivity contribution >= 4 is 55.1 Å². The second kappa shape index (κ2) is 12.4. The van der Waals surface area contributed by atoms with E-state index in [0.29, 0.717) is 12.3 Å². The highest BCUT2D eigenvalue weighted by Crippen LogP contribution is 2.30. The lowest BCUT2D eigenvalue weighted by Gasteiger charge is -2.31. The minimum absolute atomic E-state index is 0.125. The van der Waals surface area contributed by atoms with Crippen LogP contribution in [0.4, 0.5) is 5.69 Å². The van der Waals surface area contributed by atoms with Crippen LogP contribution in [0.15, 0.2) is 46.9 Å². The van der Waals surface area contributed by atoms with Gasteiger partial charge in [-0.1, -0.05) is 46.6 Å². The number of sulfonamides is 1. The van der Waals surface area contributed by atoms with Crippen LogP contribution in [-0.2, 0) is 26.2 Å². The van der Waals surface area contributed by atoms with E-state index in [1.165, 1.54) is 30.2 Å². The number of rotatable bonds is 11. The van der Waals surface area contributed by atoms with Gasteiger partial charge in [0, 0.05) is 17.6 Å². The van der Waals surface area contributed by atoms with Crippen molar-refractivity contribution in [2.24, 2.45) is 0 Å². The van der Waals surface area contributed by atoms with Gasteiger partial charge in [-0.3, -0.25) is 13.9 Å². The van der Waals surface area contributed by atoms with Gasteiger partial charge in [0.2, 0.25) is 21.8 Å². The minimum Gasteiger partial charge on any atom is -0.495 e. The topological polar surface area (TPSA) is 96.0 Å². The van der Waals surface area contributed by atoms with Crippen LogP contribution in [0.2, 0.25) is 5.02 Å². The van der Waals surface area contributed by atoms with Crippen molar-refractivity contribution in [3.05, 3.63) is 57.5 Å². The number of halogens is 2. The van der Waals surface area contributed by atoms with Crippen LogP contribution < -0.4 is 14.4 Å². The quantitative estimate of drug-likeness (QED) is 0.440. The van der Waals surface area contributed by atoms with Gasteiger partial charge in [-0.2, -0.15) is 0 Å². The smallest absolute Gasteiger partial charge is 0.244 e. The number of hydrogen-bond donors (Lipinski definition) is 1. The molecule has 34 heavy (non-hydrogen) atoms. The normalized spacial score (nSPS) is 12.1. The lowest BCUT2D eigenvalue weighted by molar-refractivity contribution is -0.139. The molecule has 0 saturated carbocycles. The molecule has 0 radical (unpaired) electrons. The molecule has 11 heteroatoms. The lowest BCUT2D eigenvalue weighted by atomic mass is 10.1. The van der Waals surface area contributed by atoms with Crippen molar-refractivity contribution in [1.29, 1.82) is 0 Å². The monoisotopic (exact) mass is 573 g/mol. The highest BCUT2D eigenvalue weighted by atomic mass is 79.9. The molecule has 0 bridgehead atoms. The van der Waals surface area contributed by atoms with Gasteiger partial charge >= 0.3 is 0 Å². The van der Waals surface area contributed by atoms with Crippen molar-refractivity contribution in [3.63, 3.8) is 0 Å². The van der Waals surface area contributed by atoms with E-state index >= 15 is 0 Å². The zero-order valence-electron chi connectivity index (χ0n) is 19.5. The Balaban J connectivity index is 2.40. The molecule has 2 rings (SSSR count). The summed E-state index contributed by atoms with van der Waals surface area (Å²) in [5, 5.41) is 3.00. The Morgan fingerprint density at radius 2 is 1.91 bits per heavy atom. The number of anilines is 1. The number of nitrogens with one attached hydrogen (secondary N) is 1. The maximum absolute atomic E-state index is 13.5. The Morgan fingerprint density at radius 1 is 1.21 bits per heavy atom. The van der Waals surface area contributed by atoms with Crippen molar-refractivity contribution in [3.8, 4) is 5.75 Å². The summed E-state index contributed by atoms with van der Waals surface area (Å²) in [6, 6.07) is 11.0. The number of carbonyl (C=O) groups excluding carboxylic acids is 2. The second-order valence-corrected chi connectivity index (χ2v) is 10.9. The summed E-state index contributed by atoms with van der Waals surface area (Å²) in [7, 11) is -2.40. The molecular weight excluding hydrogens is 546 g/mol. The first kappa shape index (κ1) is 27.9. The van der Waals surface area contributed by atoms with Gasteiger partial charge in [-0.05, 0) is 49.2 Å². The maximum atomic E-state index is 13.5. The largest absolute Gasteiger partial charge is 0.495 e. The van der Waals surface area contributed by atoms with E-state index in [0.717, 1.165) is 27.0 Å². The first-order valence-corrected chi connectivity index (χ1v) is 13.6. The third kappa shape index (κ3) is 7.61. The molecule has 2 amide bonds. The molecule has 186 valence electrons. The number of ether oxygens (including phenoxy) is 1. The molecule has 2 aromatic carbocycles. The molecule has 0 aliphatic heterocycles. The van der Waals surface area contributed by atoms with Crippen LogP contribution in [0, 0.1) is 0 Å². The molecule has 0 spiro atoms. The van der Waals surface area contributed by atoms with Gasteiger partial charge < -0.3 is 15.0 Å². The van der Waals surface area contributed by atoms with Gasteiger partial charge in [0.25, 0.3) is 0 Å². The van der Waals surface area contributed by atoms with Crippen molar-refractivity contribution in [2.45, 2.75) is 32.9 Å². The van der Waals surface area contributed by atoms with Crippen LogP contribution in [0.25, 0.3) is 0 Å². The maximum Gasteiger partial charge on any atom is 0.244 e. The Hall–Kier alpha value is -2.30. The summed E-state index contributed by atoms with van der Waals surface area (Å²) in [4.78, 5) is 27.5. The van der Waals surface area contributed by atoms with Gasteiger partial charge in [0.15, 0.2) is 0 Å². The molecule has 0 fully saturated rings. The summed E-state index contributed by atoms with van der Waals surface area (Å²) in [5.74, 6) is -0.470. The fourth-order valence-electron chi connectivity index (χ4n) is 3.23. The molecule has 0 aliphatic carbocycles. The van der Waals surface area contributed by atoms with Crippen LogP contribution >= 0.6 is 27.5 Å². The SMILES string of the molecule is CCCNC(=O)[C@H](C)N(Cc1cccc(Br)c1)C(=O)CN(c1ccc(OC)c(Cl)c1)S(C)(=O)=O. The molecule has 1 atom stereocenters. The van der Waals surface area contributed by atoms with Gasteiger partial charge in [-0.25, -0.2) is 8.42 Å². The summed E-state index contributed by atoms with van der Waals surface area (Å²) in [6.45, 7) is 3.65. The zero-order chi connectivity index (χ0) is 25.5. The summed E-state index contributed by atoms with van der Waals surface area (Å²) in [5.41, 5.74) is 1.00. The Morgan fingerprint density at radius 3 is 2.47 bits per heavy atom. The van der Waals surface area contributed by atoms with E-state index in [9.17, 15) is 18.0 Å². The molecule has 1 N–H and O–H groups in total. The number of nitrogens with zero attached hydrogens (tertiary/aromatic N) is 2. The number of amides is 2. The van der Waals surface area contributed by atoms with Gasteiger partial charge in [-0.15, -0.1) is 0 Å². The zero-order valence-corrected chi connectivity index (χ0v) is 22.7. The van der Waals surface area contributed by atoms with E-state index in [1.807, 2.05) is 31.2 Å². The highest BCUT2D eigenvalue weighted by molar-refractivity contribution is 9.10. The molecule has 0 unspecified atom stereocenters. The van der Waals surface area contributed by atoms with E-state index < -0.39 is 28.5 Å². The Labute approximate surface area is 214 Å². The third-order valence-corrected chi connectivity index (χ3v) is 6.99. The van der Waals surface area contributed by atoms with Gasteiger partial charge in [0.1, 0.15) is 18.3 Å². The predicted octanol–water partition coefficient (Wildman–Crippen LogP) is 3.82. The predicted molar refractivity (Wildman–Crippen MR) is 138 cm³/mol. The summed E-state index contributed by atoms with van der Waals surface area (Å²) >= 11 is 9.60. The number of carbonyl (C=O) groups is 2. The molecule has 0 saturated heterocycles. The van der Waals surface area contributed by atoms with Crippen LogP contribution in [-0.4, -0.2) is 57.6 Å². The fraction of sp³-hybridized carbons (Fsp3) is 0.391. The van der Waals surface area contributed by atoms with E-state index in [-0.39, 0.29) is 23.2 Å². The Kier molecular flexibility index (Phi) is 10.2. The first-order valence-electron chi connectivity index (χ1n) is 10.6. The fourth-order valence-corrected chi connectivity index (χ4v) is 4.77. The van der Waals surface area contributed by atoms with Crippen LogP contribution in [0.5, 0.6) is 5.75 Å². The molecular formula is C23H29BrClN3O5S. The van der Waals surface area contributed by atoms with Crippen molar-refractivity contribution < 1.29 is 22.7 Å². The average Bonchev–Trinajstić information content (AvgIpc) is 2.78. The van der Waals surface area contributed by atoms with Crippen LogP contribution in [0.1, 0.15) is 25.8 Å². The van der Waals surface area contributed by atoms with Crippen LogP contribution in [0.3, 0.4) is 0 Å². The highest BCUT2D eigenvalue weighted by Gasteiger charge is 2.30. The van der Waals surface area contributed by atoms with E-state index in [4.69, 9.17) is 16.3 Å². The summed E-state index contributed by atoms with van der Waals surface area (Å²) in [6.07, 6.45) is 1.76. The number of hydrogen-bond acceptors (Lipinski definition) is 5. The van der Waals surface area contributed by atoms with Gasteiger partial charge in [0.05, 0.1) is 24.1 Å². The van der Waals surface area contributed by atoms with E-state index in [1.54, 1.807) is 6.92 Å². The molecule has 8 nitrogen and oxygen atoms in total. The third-order valence-electron chi connectivity index (χ3n) is 5.06. The molecule has 0 aromatic heterocycles. The van der Waals surface area contributed by atoms with E-state index in [2.05, 4.69) is 21.2 Å². The molecule has 0 aliphatic rings. The average molecular weight is 575 g/mol. The summed E-state index contributed by atoms with van der Waals surface area (Å²) < 4.78 is 32.1. The van der Waals surface area contributed by atoms with Crippen molar-refractivity contribution in [2.75, 3.05) is 30.8 Å². The number of methoxy groups -OCH3 is 1. The first-order chi connectivity index (χ1) is 16.0. The molecule has 2 aromatic rings. The lowest BCUT2D eigenvalue weighted by Crippen LogP contribution is -2.51. The number of benzene rings is 2. The molecule has 0 heterocycles. The standard InChI is InChI=1S/C23H29BrClN3O5S/c1-5-11-26-23(30)16(2)27(14-17-7-6-8-18(24)12-17)22(29)15-28(34(4,31)32)19-9-10-21(33-3)20(25)13-19/h6-10,12-13,16H,5,11,14-15H2,1-4H3,(H,26,30)/t16-/m0/s1. The van der Waals surface area contributed by atoms with Crippen molar-refractivity contribution in [1.82, 2.24) is 10.2 Å².